The van der Waals surface area contributed by atoms with Crippen molar-refractivity contribution in [3.05, 3.63) is 53.5 Å². The number of carbonyl (C=O) groups excluding carboxylic acids is 1. The summed E-state index contributed by atoms with van der Waals surface area (Å²) in [6, 6.07) is 8.04. The molecule has 2 aliphatic heterocycles. The number of anilines is 1. The molecular formula is C24H28F3N3O2. The average Bonchev–Trinajstić information content (AvgIpc) is 3.50. The zero-order valence-electron chi connectivity index (χ0n) is 17.9. The number of halogens is 3. The van der Waals surface area contributed by atoms with Gasteiger partial charge >= 0.3 is 6.18 Å². The van der Waals surface area contributed by atoms with Gasteiger partial charge in [0.05, 0.1) is 30.3 Å². The molecule has 1 saturated heterocycles. The number of piperazine rings is 1. The van der Waals surface area contributed by atoms with E-state index in [0.29, 0.717) is 23.8 Å². The number of hydrogen-bond acceptors (Lipinski definition) is 4. The number of amides is 1. The minimum absolute atomic E-state index is 0.0508. The van der Waals surface area contributed by atoms with Crippen LogP contribution in [0.5, 0.6) is 0 Å². The molecule has 0 unspecified atom stereocenters. The smallest absolute Gasteiger partial charge is 0.416 e. The normalized spacial score (nSPS) is 24.3. The molecule has 0 spiro atoms. The summed E-state index contributed by atoms with van der Waals surface area (Å²) < 4.78 is 45.3. The molecule has 3 aliphatic rings. The standard InChI is InChI=1S/C24H28F3N3O2/c25-24(26,27)17-7-8-21-16(12-17)13-20(23(31)28-14-19-6-3-11-32-19)22-15-29(9-10-30(21)22)18-4-1-2-5-18/h3,6-8,11-12,18,20,22H,1-2,4-5,9-10,13-15H2,(H,28,31)/t20-,22+/m1/s1. The van der Waals surface area contributed by atoms with Crippen LogP contribution in [0.25, 0.3) is 0 Å². The zero-order valence-corrected chi connectivity index (χ0v) is 17.9. The van der Waals surface area contributed by atoms with Gasteiger partial charge in [0.2, 0.25) is 5.91 Å². The van der Waals surface area contributed by atoms with E-state index in [2.05, 4.69) is 15.1 Å². The first-order chi connectivity index (χ1) is 15.4. The van der Waals surface area contributed by atoms with Crippen LogP contribution in [0.1, 0.15) is 42.6 Å². The fourth-order valence-electron chi connectivity index (χ4n) is 5.64. The van der Waals surface area contributed by atoms with E-state index in [4.69, 9.17) is 4.42 Å². The fraction of sp³-hybridized carbons (Fsp3) is 0.542. The van der Waals surface area contributed by atoms with Crippen molar-refractivity contribution in [3.8, 4) is 0 Å². The molecule has 0 bridgehead atoms. The van der Waals surface area contributed by atoms with Crippen molar-refractivity contribution >= 4 is 11.6 Å². The van der Waals surface area contributed by atoms with Gasteiger partial charge in [0, 0.05) is 31.4 Å². The Labute approximate surface area is 185 Å². The maximum atomic E-state index is 13.3. The monoisotopic (exact) mass is 447 g/mol. The third kappa shape index (κ3) is 4.12. The zero-order chi connectivity index (χ0) is 22.3. The number of hydrogen-bond donors (Lipinski definition) is 1. The topological polar surface area (TPSA) is 48.7 Å². The lowest BCUT2D eigenvalue weighted by Gasteiger charge is -2.50. The third-order valence-corrected chi connectivity index (χ3v) is 7.27. The van der Waals surface area contributed by atoms with Crippen LogP contribution in [0.4, 0.5) is 18.9 Å². The van der Waals surface area contributed by atoms with Gasteiger partial charge in [-0.2, -0.15) is 13.2 Å². The summed E-state index contributed by atoms with van der Waals surface area (Å²) in [5.74, 6) is 0.111. The van der Waals surface area contributed by atoms with E-state index < -0.39 is 17.7 Å². The minimum Gasteiger partial charge on any atom is -0.467 e. The highest BCUT2D eigenvalue weighted by atomic mass is 19.4. The summed E-state index contributed by atoms with van der Waals surface area (Å²) in [5.41, 5.74) is 0.779. The van der Waals surface area contributed by atoms with E-state index in [1.165, 1.54) is 31.7 Å². The molecule has 5 rings (SSSR count). The number of nitrogens with one attached hydrogen (secondary N) is 1. The van der Waals surface area contributed by atoms with Crippen molar-refractivity contribution in [3.63, 3.8) is 0 Å². The van der Waals surface area contributed by atoms with E-state index in [1.54, 1.807) is 24.5 Å². The Morgan fingerprint density at radius 2 is 1.97 bits per heavy atom. The van der Waals surface area contributed by atoms with E-state index in [9.17, 15) is 18.0 Å². The summed E-state index contributed by atoms with van der Waals surface area (Å²) in [5, 5.41) is 2.95. The molecule has 1 aromatic heterocycles. The first kappa shape index (κ1) is 21.4. The van der Waals surface area contributed by atoms with Crippen LogP contribution >= 0.6 is 0 Å². The summed E-state index contributed by atoms with van der Waals surface area (Å²) in [6.07, 6.45) is 2.32. The second kappa shape index (κ2) is 8.46. The molecule has 3 heterocycles. The first-order valence-corrected chi connectivity index (χ1v) is 11.4. The second-order valence-corrected chi connectivity index (χ2v) is 9.14. The summed E-state index contributed by atoms with van der Waals surface area (Å²) in [4.78, 5) is 17.9. The van der Waals surface area contributed by atoms with E-state index in [1.807, 2.05) is 0 Å². The molecule has 2 atom stereocenters. The first-order valence-electron chi connectivity index (χ1n) is 11.4. The van der Waals surface area contributed by atoms with E-state index in [-0.39, 0.29) is 18.5 Å². The molecule has 1 aliphatic carbocycles. The number of fused-ring (bicyclic) bond motifs is 3. The van der Waals surface area contributed by atoms with Crippen LogP contribution in [0.2, 0.25) is 0 Å². The van der Waals surface area contributed by atoms with Crippen LogP contribution in [-0.4, -0.2) is 42.5 Å². The molecule has 2 fully saturated rings. The molecular weight excluding hydrogens is 419 g/mol. The van der Waals surface area contributed by atoms with Gasteiger partial charge in [0.15, 0.2) is 0 Å². The van der Waals surface area contributed by atoms with E-state index >= 15 is 0 Å². The van der Waals surface area contributed by atoms with E-state index in [0.717, 1.165) is 31.4 Å². The fourth-order valence-corrected chi connectivity index (χ4v) is 5.64. The molecule has 2 aromatic rings. The van der Waals surface area contributed by atoms with Crippen molar-refractivity contribution in [1.82, 2.24) is 10.2 Å². The number of carbonyl (C=O) groups is 1. The highest BCUT2D eigenvalue weighted by Gasteiger charge is 2.43. The van der Waals surface area contributed by atoms with Gasteiger partial charge in [0.25, 0.3) is 0 Å². The highest BCUT2D eigenvalue weighted by molar-refractivity contribution is 5.82. The van der Waals surface area contributed by atoms with Gasteiger partial charge in [-0.25, -0.2) is 0 Å². The molecule has 5 nitrogen and oxygen atoms in total. The lowest BCUT2D eigenvalue weighted by atomic mass is 9.82. The predicted molar refractivity (Wildman–Crippen MR) is 114 cm³/mol. The summed E-state index contributed by atoms with van der Waals surface area (Å²) in [7, 11) is 0. The molecule has 1 N–H and O–H groups in total. The van der Waals surface area contributed by atoms with Gasteiger partial charge in [0.1, 0.15) is 5.76 Å². The Balaban J connectivity index is 1.42. The lowest BCUT2D eigenvalue weighted by molar-refractivity contribution is -0.137. The van der Waals surface area contributed by atoms with Crippen LogP contribution in [0.15, 0.2) is 41.0 Å². The highest BCUT2D eigenvalue weighted by Crippen LogP contribution is 2.40. The van der Waals surface area contributed by atoms with Crippen LogP contribution < -0.4 is 10.2 Å². The molecule has 8 heteroatoms. The number of nitrogens with zero attached hydrogens (tertiary/aromatic N) is 2. The van der Waals surface area contributed by atoms with Crippen molar-refractivity contribution in [1.29, 1.82) is 0 Å². The number of rotatable bonds is 4. The Morgan fingerprint density at radius 1 is 1.16 bits per heavy atom. The van der Waals surface area contributed by atoms with Crippen LogP contribution in [0, 0.1) is 5.92 Å². The number of alkyl halides is 3. The van der Waals surface area contributed by atoms with Gasteiger partial charge in [-0.15, -0.1) is 0 Å². The number of benzene rings is 1. The van der Waals surface area contributed by atoms with Crippen molar-refractivity contribution in [2.45, 2.75) is 56.9 Å². The molecule has 1 aromatic carbocycles. The molecule has 32 heavy (non-hydrogen) atoms. The molecule has 1 saturated carbocycles. The predicted octanol–water partition coefficient (Wildman–Crippen LogP) is 4.22. The Kier molecular flexibility index (Phi) is 5.65. The summed E-state index contributed by atoms with van der Waals surface area (Å²) >= 11 is 0. The van der Waals surface area contributed by atoms with Crippen molar-refractivity contribution < 1.29 is 22.4 Å². The van der Waals surface area contributed by atoms with Crippen molar-refractivity contribution in [2.24, 2.45) is 5.92 Å². The SMILES string of the molecule is O=C(NCc1ccco1)[C@@H]1Cc2cc(C(F)(F)F)ccc2N2CCN(C3CCCC3)C[C@@H]12. The van der Waals surface area contributed by atoms with Gasteiger partial charge in [-0.1, -0.05) is 12.8 Å². The van der Waals surface area contributed by atoms with Gasteiger partial charge < -0.3 is 14.6 Å². The Morgan fingerprint density at radius 3 is 2.69 bits per heavy atom. The van der Waals surface area contributed by atoms with Gasteiger partial charge in [-0.05, 0) is 55.2 Å². The molecule has 172 valence electrons. The maximum absolute atomic E-state index is 13.3. The Bertz CT molecular complexity index is 954. The largest absolute Gasteiger partial charge is 0.467 e. The third-order valence-electron chi connectivity index (χ3n) is 7.27. The Hall–Kier alpha value is -2.48. The number of furan rings is 1. The minimum atomic E-state index is -4.40. The molecule has 1 amide bonds. The quantitative estimate of drug-likeness (QED) is 0.763. The molecule has 0 radical (unpaired) electrons. The average molecular weight is 448 g/mol. The van der Waals surface area contributed by atoms with Crippen LogP contribution in [0.3, 0.4) is 0 Å². The maximum Gasteiger partial charge on any atom is 0.416 e. The second-order valence-electron chi connectivity index (χ2n) is 9.14. The lowest BCUT2D eigenvalue weighted by Crippen LogP contribution is -2.62. The van der Waals surface area contributed by atoms with Crippen LogP contribution in [-0.2, 0) is 23.9 Å². The summed E-state index contributed by atoms with van der Waals surface area (Å²) in [6.45, 7) is 2.64. The van der Waals surface area contributed by atoms with Gasteiger partial charge in [-0.3, -0.25) is 9.69 Å². The van der Waals surface area contributed by atoms with Crippen molar-refractivity contribution in [2.75, 3.05) is 24.5 Å².